The monoisotopic (exact) mass is 296 g/mol. The maximum absolute atomic E-state index is 5.55. The van der Waals surface area contributed by atoms with E-state index in [0.29, 0.717) is 5.90 Å². The molecule has 3 heteroatoms. The van der Waals surface area contributed by atoms with Gasteiger partial charge in [-0.1, -0.05) is 48.0 Å². The molecule has 3 nitrogen and oxygen atoms in total. The van der Waals surface area contributed by atoms with Crippen molar-refractivity contribution in [2.75, 3.05) is 14.1 Å². The van der Waals surface area contributed by atoms with Crippen molar-refractivity contribution in [3.8, 4) is 11.1 Å². The van der Waals surface area contributed by atoms with Gasteiger partial charge in [0.1, 0.15) is 0 Å². The van der Waals surface area contributed by atoms with E-state index in [-0.39, 0.29) is 0 Å². The second-order valence-corrected chi connectivity index (χ2v) is 5.64. The Hall–Kier alpha value is -2.13. The van der Waals surface area contributed by atoms with E-state index in [0.717, 1.165) is 6.54 Å². The molecule has 0 spiro atoms. The van der Waals surface area contributed by atoms with Crippen molar-refractivity contribution in [3.05, 3.63) is 59.2 Å². The molecule has 0 aliphatic carbocycles. The van der Waals surface area contributed by atoms with Crippen LogP contribution in [0.5, 0.6) is 0 Å². The molecule has 0 radical (unpaired) electrons. The predicted molar refractivity (Wildman–Crippen MR) is 92.9 cm³/mol. The molecule has 0 saturated carbocycles. The van der Waals surface area contributed by atoms with Crippen LogP contribution in [0.1, 0.15) is 23.6 Å². The van der Waals surface area contributed by atoms with E-state index in [9.17, 15) is 0 Å². The molecule has 0 atom stereocenters. The first-order valence-corrected chi connectivity index (χ1v) is 7.48. The fraction of sp³-hybridized carbons (Fsp3) is 0.316. The van der Waals surface area contributed by atoms with Crippen LogP contribution < -0.4 is 0 Å². The number of rotatable bonds is 4. The van der Waals surface area contributed by atoms with Crippen LogP contribution in [0.25, 0.3) is 11.1 Å². The molecule has 0 fully saturated rings. The van der Waals surface area contributed by atoms with Gasteiger partial charge in [0.25, 0.3) is 0 Å². The van der Waals surface area contributed by atoms with Gasteiger partial charge in [-0.25, -0.2) is 0 Å². The molecule has 22 heavy (non-hydrogen) atoms. The van der Waals surface area contributed by atoms with Crippen LogP contribution in [0, 0.1) is 13.8 Å². The van der Waals surface area contributed by atoms with Gasteiger partial charge >= 0.3 is 0 Å². The van der Waals surface area contributed by atoms with Crippen molar-refractivity contribution in [1.82, 2.24) is 5.06 Å². The standard InChI is InChI=1S/C19H24N2O/c1-14-6-9-18(10-7-14)19-11-8-17(12-15(19)2)13-21(5)22-16(3)20-4/h6-12H,13H2,1-5H3. The largest absolute Gasteiger partial charge is 0.391 e. The highest BCUT2D eigenvalue weighted by atomic mass is 16.7. The summed E-state index contributed by atoms with van der Waals surface area (Å²) in [5.74, 6) is 0.662. The van der Waals surface area contributed by atoms with E-state index in [1.54, 1.807) is 12.1 Å². The van der Waals surface area contributed by atoms with Gasteiger partial charge in [0.15, 0.2) is 0 Å². The first kappa shape index (κ1) is 16.2. The molecular formula is C19H24N2O. The van der Waals surface area contributed by atoms with Crippen molar-refractivity contribution < 1.29 is 4.84 Å². The Balaban J connectivity index is 2.14. The van der Waals surface area contributed by atoms with Crippen LogP contribution >= 0.6 is 0 Å². The minimum absolute atomic E-state index is 0.662. The predicted octanol–water partition coefficient (Wildman–Crippen LogP) is 4.38. The summed E-state index contributed by atoms with van der Waals surface area (Å²) in [5, 5.41) is 1.79. The molecule has 0 unspecified atom stereocenters. The van der Waals surface area contributed by atoms with Crippen LogP contribution in [0.2, 0.25) is 0 Å². The molecule has 0 aromatic heterocycles. The minimum Gasteiger partial charge on any atom is -0.391 e. The number of benzene rings is 2. The van der Waals surface area contributed by atoms with Gasteiger partial charge in [-0.2, -0.15) is 0 Å². The van der Waals surface area contributed by atoms with Crippen LogP contribution in [-0.2, 0) is 11.4 Å². The van der Waals surface area contributed by atoms with Gasteiger partial charge in [0.05, 0.1) is 6.54 Å². The summed E-state index contributed by atoms with van der Waals surface area (Å²) in [5.41, 5.74) is 6.31. The van der Waals surface area contributed by atoms with Gasteiger partial charge in [-0.3, -0.25) is 4.99 Å². The Morgan fingerprint density at radius 2 is 1.77 bits per heavy atom. The Labute approximate surface area is 133 Å². The van der Waals surface area contributed by atoms with Crippen LogP contribution in [-0.4, -0.2) is 25.1 Å². The Morgan fingerprint density at radius 1 is 1.09 bits per heavy atom. The average molecular weight is 296 g/mol. The van der Waals surface area contributed by atoms with E-state index in [4.69, 9.17) is 4.84 Å². The number of hydrogen-bond donors (Lipinski definition) is 0. The van der Waals surface area contributed by atoms with Gasteiger partial charge in [-0.15, -0.1) is 5.06 Å². The molecule has 2 rings (SSSR count). The van der Waals surface area contributed by atoms with Crippen molar-refractivity contribution in [2.24, 2.45) is 4.99 Å². The normalized spacial score (nSPS) is 11.8. The third-order valence-corrected chi connectivity index (χ3v) is 3.66. The quantitative estimate of drug-likeness (QED) is 0.475. The number of nitrogens with zero attached hydrogens (tertiary/aromatic N) is 2. The highest BCUT2D eigenvalue weighted by Crippen LogP contribution is 2.25. The zero-order chi connectivity index (χ0) is 16.1. The SMILES string of the molecule is CN=C(C)ON(C)Cc1ccc(-c2ccc(C)cc2)c(C)c1. The summed E-state index contributed by atoms with van der Waals surface area (Å²) in [7, 11) is 3.64. The van der Waals surface area contributed by atoms with Gasteiger partial charge in [0, 0.05) is 21.0 Å². The van der Waals surface area contributed by atoms with E-state index in [2.05, 4.69) is 61.3 Å². The Kier molecular flexibility index (Phi) is 5.34. The summed E-state index contributed by atoms with van der Waals surface area (Å²) in [4.78, 5) is 9.56. The molecule has 0 saturated heterocycles. The fourth-order valence-electron chi connectivity index (χ4n) is 2.44. The smallest absolute Gasteiger partial charge is 0.206 e. The molecule has 0 N–H and O–H groups in total. The van der Waals surface area contributed by atoms with Gasteiger partial charge in [-0.05, 0) is 36.1 Å². The fourth-order valence-corrected chi connectivity index (χ4v) is 2.44. The van der Waals surface area contributed by atoms with Crippen molar-refractivity contribution in [2.45, 2.75) is 27.3 Å². The van der Waals surface area contributed by atoms with Crippen molar-refractivity contribution >= 4 is 5.90 Å². The van der Waals surface area contributed by atoms with Gasteiger partial charge in [0.2, 0.25) is 5.90 Å². The van der Waals surface area contributed by atoms with Gasteiger partial charge < -0.3 is 4.84 Å². The van der Waals surface area contributed by atoms with E-state index >= 15 is 0 Å². The highest BCUT2D eigenvalue weighted by Gasteiger charge is 2.06. The third kappa shape index (κ3) is 4.18. The number of hydroxylamine groups is 2. The maximum atomic E-state index is 5.55. The lowest BCUT2D eigenvalue weighted by Gasteiger charge is -2.18. The lowest BCUT2D eigenvalue weighted by molar-refractivity contribution is -0.0560. The average Bonchev–Trinajstić information content (AvgIpc) is 2.48. The Bertz CT molecular complexity index is 660. The molecule has 0 bridgehead atoms. The van der Waals surface area contributed by atoms with Crippen LogP contribution in [0.15, 0.2) is 47.5 Å². The third-order valence-electron chi connectivity index (χ3n) is 3.66. The lowest BCUT2D eigenvalue weighted by Crippen LogP contribution is -2.21. The Morgan fingerprint density at radius 3 is 2.36 bits per heavy atom. The molecule has 2 aromatic rings. The van der Waals surface area contributed by atoms with Crippen LogP contribution in [0.4, 0.5) is 0 Å². The zero-order valence-corrected chi connectivity index (χ0v) is 14.1. The molecule has 0 aliphatic rings. The van der Waals surface area contributed by atoms with E-state index in [1.807, 2.05) is 14.0 Å². The maximum Gasteiger partial charge on any atom is 0.206 e. The summed E-state index contributed by atoms with van der Waals surface area (Å²) in [6.07, 6.45) is 0. The summed E-state index contributed by atoms with van der Waals surface area (Å²) < 4.78 is 0. The van der Waals surface area contributed by atoms with E-state index < -0.39 is 0 Å². The lowest BCUT2D eigenvalue weighted by atomic mass is 9.98. The molecule has 2 aromatic carbocycles. The molecule has 116 valence electrons. The second-order valence-electron chi connectivity index (χ2n) is 5.64. The first-order chi connectivity index (χ1) is 10.5. The van der Waals surface area contributed by atoms with E-state index in [1.165, 1.54) is 27.8 Å². The molecule has 0 heterocycles. The van der Waals surface area contributed by atoms with Crippen molar-refractivity contribution in [3.63, 3.8) is 0 Å². The number of aliphatic imine (C=N–C) groups is 1. The molecule has 0 aliphatic heterocycles. The summed E-state index contributed by atoms with van der Waals surface area (Å²) in [6.45, 7) is 6.83. The summed E-state index contributed by atoms with van der Waals surface area (Å²) in [6, 6.07) is 15.2. The molecule has 0 amide bonds. The van der Waals surface area contributed by atoms with Crippen molar-refractivity contribution in [1.29, 1.82) is 0 Å². The first-order valence-electron chi connectivity index (χ1n) is 7.48. The topological polar surface area (TPSA) is 24.8 Å². The number of aryl methyl sites for hydroxylation is 2. The number of hydrogen-bond acceptors (Lipinski definition) is 3. The molecular weight excluding hydrogens is 272 g/mol. The van der Waals surface area contributed by atoms with Crippen LogP contribution in [0.3, 0.4) is 0 Å². The summed E-state index contributed by atoms with van der Waals surface area (Å²) >= 11 is 0. The zero-order valence-electron chi connectivity index (χ0n) is 14.1. The highest BCUT2D eigenvalue weighted by molar-refractivity contribution is 5.72. The second kappa shape index (κ2) is 7.23. The minimum atomic E-state index is 0.662.